The van der Waals surface area contributed by atoms with Crippen molar-refractivity contribution in [1.29, 1.82) is 0 Å². The van der Waals surface area contributed by atoms with Crippen molar-refractivity contribution in [1.82, 2.24) is 5.32 Å². The van der Waals surface area contributed by atoms with Crippen molar-refractivity contribution in [2.24, 2.45) is 0 Å². The quantitative estimate of drug-likeness (QED) is 0.867. The van der Waals surface area contributed by atoms with Gasteiger partial charge in [0.25, 0.3) is 10.0 Å². The Balaban J connectivity index is 2.30. The molecule has 0 unspecified atom stereocenters. The highest BCUT2D eigenvalue weighted by Gasteiger charge is 2.17. The van der Waals surface area contributed by atoms with E-state index in [0.29, 0.717) is 16.7 Å². The summed E-state index contributed by atoms with van der Waals surface area (Å²) in [6, 6.07) is 14.0. The molecule has 0 spiro atoms. The van der Waals surface area contributed by atoms with Crippen LogP contribution in [0.25, 0.3) is 0 Å². The van der Waals surface area contributed by atoms with E-state index in [4.69, 9.17) is 0 Å². The summed E-state index contributed by atoms with van der Waals surface area (Å²) >= 11 is 3.32. The lowest BCUT2D eigenvalue weighted by Crippen LogP contribution is -2.14. The number of hydrogen-bond acceptors (Lipinski definition) is 3. The van der Waals surface area contributed by atoms with Crippen LogP contribution in [0.15, 0.2) is 57.9 Å². The van der Waals surface area contributed by atoms with Crippen LogP contribution in [0.5, 0.6) is 0 Å². The molecule has 0 bridgehead atoms. The van der Waals surface area contributed by atoms with Gasteiger partial charge in [-0.05, 0) is 52.8 Å². The Hall–Kier alpha value is -1.37. The first-order valence-corrected chi connectivity index (χ1v) is 8.31. The zero-order chi connectivity index (χ0) is 14.6. The topological polar surface area (TPSA) is 58.2 Å². The lowest BCUT2D eigenvalue weighted by molar-refractivity contribution is 0.600. The summed E-state index contributed by atoms with van der Waals surface area (Å²) < 4.78 is 27.8. The van der Waals surface area contributed by atoms with Crippen LogP contribution >= 0.6 is 15.9 Å². The van der Waals surface area contributed by atoms with E-state index in [1.165, 1.54) is 0 Å². The summed E-state index contributed by atoms with van der Waals surface area (Å²) in [4.78, 5) is 0.223. The zero-order valence-corrected chi connectivity index (χ0v) is 13.3. The number of nitrogens with one attached hydrogen (secondary N) is 2. The van der Waals surface area contributed by atoms with Gasteiger partial charge in [0, 0.05) is 16.7 Å². The molecule has 0 aliphatic heterocycles. The van der Waals surface area contributed by atoms with Crippen molar-refractivity contribution in [3.8, 4) is 0 Å². The highest BCUT2D eigenvalue weighted by atomic mass is 79.9. The largest absolute Gasteiger partial charge is 0.316 e. The number of sulfonamides is 1. The van der Waals surface area contributed by atoms with E-state index in [9.17, 15) is 8.42 Å². The van der Waals surface area contributed by atoms with Gasteiger partial charge in [0.1, 0.15) is 4.90 Å². The second-order valence-electron chi connectivity index (χ2n) is 4.27. The highest BCUT2D eigenvalue weighted by molar-refractivity contribution is 9.10. The molecule has 0 heterocycles. The molecule has 0 saturated heterocycles. The summed E-state index contributed by atoms with van der Waals surface area (Å²) in [6.07, 6.45) is 0. The molecule has 6 heteroatoms. The van der Waals surface area contributed by atoms with Crippen LogP contribution < -0.4 is 10.0 Å². The average Bonchev–Trinajstić information content (AvgIpc) is 2.39. The molecule has 106 valence electrons. The molecule has 0 fully saturated rings. The Labute approximate surface area is 127 Å². The van der Waals surface area contributed by atoms with Crippen LogP contribution in [0, 0.1) is 0 Å². The first kappa shape index (κ1) is 15.0. The molecule has 0 atom stereocenters. The smallest absolute Gasteiger partial charge is 0.263 e. The number of para-hydroxylation sites is 1. The SMILES string of the molecule is CNCc1ccc(S(=O)(=O)Nc2ccccc2)c(Br)c1. The average molecular weight is 355 g/mol. The van der Waals surface area contributed by atoms with Crippen LogP contribution in [-0.2, 0) is 16.6 Å². The third kappa shape index (κ3) is 3.59. The van der Waals surface area contributed by atoms with Crippen molar-refractivity contribution in [2.75, 3.05) is 11.8 Å². The number of halogens is 1. The van der Waals surface area contributed by atoms with E-state index in [1.54, 1.807) is 42.5 Å². The van der Waals surface area contributed by atoms with Crippen LogP contribution in [0.2, 0.25) is 0 Å². The molecule has 4 nitrogen and oxygen atoms in total. The fourth-order valence-electron chi connectivity index (χ4n) is 1.79. The van der Waals surface area contributed by atoms with Crippen molar-refractivity contribution in [3.05, 3.63) is 58.6 Å². The van der Waals surface area contributed by atoms with E-state index in [2.05, 4.69) is 26.0 Å². The van der Waals surface area contributed by atoms with Crippen LogP contribution in [-0.4, -0.2) is 15.5 Å². The van der Waals surface area contributed by atoms with Crippen molar-refractivity contribution < 1.29 is 8.42 Å². The fourth-order valence-corrected chi connectivity index (χ4v) is 3.98. The Morgan fingerprint density at radius 2 is 1.80 bits per heavy atom. The van der Waals surface area contributed by atoms with E-state index < -0.39 is 10.0 Å². The summed E-state index contributed by atoms with van der Waals surface area (Å²) in [7, 11) is -1.75. The van der Waals surface area contributed by atoms with Gasteiger partial charge in [-0.15, -0.1) is 0 Å². The van der Waals surface area contributed by atoms with E-state index in [-0.39, 0.29) is 4.90 Å². The molecule has 0 saturated carbocycles. The maximum absolute atomic E-state index is 12.3. The molecule has 2 rings (SSSR count). The molecule has 2 N–H and O–H groups in total. The number of benzene rings is 2. The fraction of sp³-hybridized carbons (Fsp3) is 0.143. The summed E-state index contributed by atoms with van der Waals surface area (Å²) in [5, 5.41) is 3.02. The highest BCUT2D eigenvalue weighted by Crippen LogP contribution is 2.25. The minimum absolute atomic E-state index is 0.223. The van der Waals surface area contributed by atoms with Gasteiger partial charge in [0.15, 0.2) is 0 Å². The second-order valence-corrected chi connectivity index (χ2v) is 6.77. The van der Waals surface area contributed by atoms with Crippen LogP contribution in [0.4, 0.5) is 5.69 Å². The Bertz CT molecular complexity index is 688. The standard InChI is InChI=1S/C14H15BrN2O2S/c1-16-10-11-7-8-14(13(15)9-11)20(18,19)17-12-5-3-2-4-6-12/h2-9,16-17H,10H2,1H3. The Kier molecular flexibility index (Phi) is 4.80. The van der Waals surface area contributed by atoms with Gasteiger partial charge in [-0.1, -0.05) is 24.3 Å². The van der Waals surface area contributed by atoms with Crippen molar-refractivity contribution in [2.45, 2.75) is 11.4 Å². The van der Waals surface area contributed by atoms with E-state index in [0.717, 1.165) is 5.56 Å². The predicted molar refractivity (Wildman–Crippen MR) is 84.2 cm³/mol. The molecule has 0 amide bonds. The molecular weight excluding hydrogens is 340 g/mol. The summed E-state index contributed by atoms with van der Waals surface area (Å²) in [5.41, 5.74) is 1.55. The van der Waals surface area contributed by atoms with Gasteiger partial charge in [-0.3, -0.25) is 4.72 Å². The maximum Gasteiger partial charge on any atom is 0.263 e. The molecule has 2 aromatic carbocycles. The summed E-state index contributed by atoms with van der Waals surface area (Å²) in [5.74, 6) is 0. The molecule has 0 aromatic heterocycles. The van der Waals surface area contributed by atoms with Gasteiger partial charge in [0.2, 0.25) is 0 Å². The number of rotatable bonds is 5. The zero-order valence-electron chi connectivity index (χ0n) is 10.9. The third-order valence-corrected chi connectivity index (χ3v) is 5.05. The molecule has 0 radical (unpaired) electrons. The van der Waals surface area contributed by atoms with Gasteiger partial charge in [-0.2, -0.15) is 0 Å². The lowest BCUT2D eigenvalue weighted by atomic mass is 10.2. The van der Waals surface area contributed by atoms with Gasteiger partial charge >= 0.3 is 0 Å². The molecule has 0 aliphatic carbocycles. The summed E-state index contributed by atoms with van der Waals surface area (Å²) in [6.45, 7) is 0.686. The minimum Gasteiger partial charge on any atom is -0.316 e. The molecule has 0 aliphatic rings. The second kappa shape index (κ2) is 6.39. The number of hydrogen-bond donors (Lipinski definition) is 2. The molecular formula is C14H15BrN2O2S. The first-order chi connectivity index (χ1) is 9.53. The van der Waals surface area contributed by atoms with Gasteiger partial charge in [-0.25, -0.2) is 8.42 Å². The van der Waals surface area contributed by atoms with E-state index in [1.807, 2.05) is 13.1 Å². The lowest BCUT2D eigenvalue weighted by Gasteiger charge is -2.10. The minimum atomic E-state index is -3.59. The Morgan fingerprint density at radius 3 is 2.40 bits per heavy atom. The molecule has 20 heavy (non-hydrogen) atoms. The maximum atomic E-state index is 12.3. The number of anilines is 1. The van der Waals surface area contributed by atoms with Gasteiger partial charge in [0.05, 0.1) is 0 Å². The monoisotopic (exact) mass is 354 g/mol. The Morgan fingerprint density at radius 1 is 1.10 bits per heavy atom. The van der Waals surface area contributed by atoms with Crippen molar-refractivity contribution >= 4 is 31.6 Å². The van der Waals surface area contributed by atoms with Gasteiger partial charge < -0.3 is 5.32 Å². The predicted octanol–water partition coefficient (Wildman–Crippen LogP) is 2.97. The van der Waals surface area contributed by atoms with Crippen LogP contribution in [0.3, 0.4) is 0 Å². The first-order valence-electron chi connectivity index (χ1n) is 6.04. The molecule has 2 aromatic rings. The van der Waals surface area contributed by atoms with Crippen molar-refractivity contribution in [3.63, 3.8) is 0 Å². The normalized spacial score (nSPS) is 11.3. The van der Waals surface area contributed by atoms with E-state index >= 15 is 0 Å². The third-order valence-electron chi connectivity index (χ3n) is 2.69. The van der Waals surface area contributed by atoms with Crippen LogP contribution in [0.1, 0.15) is 5.56 Å².